The molecule has 1 aromatic carbocycles. The van der Waals surface area contributed by atoms with Crippen LogP contribution in [0.4, 0.5) is 5.82 Å². The highest BCUT2D eigenvalue weighted by Gasteiger charge is 2.25. The van der Waals surface area contributed by atoms with Crippen LogP contribution in [0.25, 0.3) is 11.4 Å². The van der Waals surface area contributed by atoms with Crippen LogP contribution in [0.2, 0.25) is 0 Å². The topological polar surface area (TPSA) is 113 Å². The molecule has 0 atom stereocenters. The maximum absolute atomic E-state index is 12.5. The number of fused-ring (bicyclic) bond motifs is 1. The van der Waals surface area contributed by atoms with Crippen LogP contribution in [-0.2, 0) is 13.0 Å². The zero-order valence-electron chi connectivity index (χ0n) is 13.7. The fourth-order valence-corrected chi connectivity index (χ4v) is 2.97. The number of aromatic nitrogens is 4. The molecular weight excluding hydrogens is 320 g/mol. The molecule has 1 amide bonds. The predicted octanol–water partition coefficient (Wildman–Crippen LogP) is 1.59. The van der Waals surface area contributed by atoms with Crippen LogP contribution >= 0.6 is 0 Å². The summed E-state index contributed by atoms with van der Waals surface area (Å²) in [5, 5.41) is 6.47. The van der Waals surface area contributed by atoms with E-state index in [9.17, 15) is 4.79 Å². The summed E-state index contributed by atoms with van der Waals surface area (Å²) in [6.45, 7) is 1.09. The summed E-state index contributed by atoms with van der Waals surface area (Å²) in [6, 6.07) is 9.26. The predicted molar refractivity (Wildman–Crippen MR) is 92.0 cm³/mol. The van der Waals surface area contributed by atoms with Crippen molar-refractivity contribution in [3.8, 4) is 17.1 Å². The molecule has 4 rings (SSSR count). The third kappa shape index (κ3) is 2.82. The number of hydrogen-bond acceptors (Lipinski definition) is 5. The van der Waals surface area contributed by atoms with Crippen LogP contribution in [0, 0.1) is 0 Å². The molecular formula is C17H18N6O2. The standard InChI is InChI=1S/C17H18N6O2/c1-25-11-4-2-10(3-5-11)16-19-12-6-7-23(9-14(12)20-16)17(24)13-8-15(18)22-21-13/h2-5,8H,6-7,9H2,1H3,(H,19,20)(H3,18,21,22). The fourth-order valence-electron chi connectivity index (χ4n) is 2.97. The molecule has 25 heavy (non-hydrogen) atoms. The molecule has 0 fully saturated rings. The first-order chi connectivity index (χ1) is 12.1. The molecule has 0 spiro atoms. The second kappa shape index (κ2) is 5.97. The van der Waals surface area contributed by atoms with E-state index in [2.05, 4.69) is 20.2 Å². The van der Waals surface area contributed by atoms with Crippen molar-refractivity contribution in [2.24, 2.45) is 0 Å². The molecule has 1 aliphatic rings. The van der Waals surface area contributed by atoms with Gasteiger partial charge in [0.25, 0.3) is 5.91 Å². The number of H-pyrrole nitrogens is 2. The van der Waals surface area contributed by atoms with E-state index < -0.39 is 0 Å². The molecule has 0 aliphatic carbocycles. The number of aromatic amines is 2. The molecule has 0 bridgehead atoms. The van der Waals surface area contributed by atoms with Gasteiger partial charge in [-0.05, 0) is 24.3 Å². The van der Waals surface area contributed by atoms with E-state index >= 15 is 0 Å². The number of nitrogens with two attached hydrogens (primary N) is 1. The lowest BCUT2D eigenvalue weighted by Crippen LogP contribution is -2.36. The van der Waals surface area contributed by atoms with E-state index in [1.807, 2.05) is 24.3 Å². The van der Waals surface area contributed by atoms with Gasteiger partial charge in [-0.2, -0.15) is 5.10 Å². The Morgan fingerprint density at radius 3 is 2.80 bits per heavy atom. The second-order valence-electron chi connectivity index (χ2n) is 5.92. The molecule has 8 heteroatoms. The number of nitrogen functional groups attached to an aromatic ring is 1. The number of anilines is 1. The number of ether oxygens (including phenoxy) is 1. The van der Waals surface area contributed by atoms with Gasteiger partial charge in [-0.1, -0.05) is 0 Å². The zero-order chi connectivity index (χ0) is 17.4. The van der Waals surface area contributed by atoms with Crippen LogP contribution in [0.3, 0.4) is 0 Å². The third-order valence-electron chi connectivity index (χ3n) is 4.31. The average Bonchev–Trinajstić information content (AvgIpc) is 3.26. The number of amides is 1. The molecule has 8 nitrogen and oxygen atoms in total. The van der Waals surface area contributed by atoms with Gasteiger partial charge >= 0.3 is 0 Å². The van der Waals surface area contributed by atoms with Crippen LogP contribution < -0.4 is 10.5 Å². The average molecular weight is 338 g/mol. The van der Waals surface area contributed by atoms with E-state index in [4.69, 9.17) is 10.5 Å². The van der Waals surface area contributed by atoms with Gasteiger partial charge in [0.15, 0.2) is 0 Å². The van der Waals surface area contributed by atoms with Gasteiger partial charge < -0.3 is 20.4 Å². The SMILES string of the molecule is COc1ccc(-c2nc3c([nH]2)CN(C(=O)c2cc(N)n[nH]2)CC3)cc1. The van der Waals surface area contributed by atoms with Crippen molar-refractivity contribution in [1.82, 2.24) is 25.1 Å². The smallest absolute Gasteiger partial charge is 0.272 e. The third-order valence-corrected chi connectivity index (χ3v) is 4.31. The summed E-state index contributed by atoms with van der Waals surface area (Å²) >= 11 is 0. The number of nitrogens with one attached hydrogen (secondary N) is 2. The second-order valence-corrected chi connectivity index (χ2v) is 5.92. The van der Waals surface area contributed by atoms with Gasteiger partial charge in [0, 0.05) is 24.6 Å². The van der Waals surface area contributed by atoms with Crippen molar-refractivity contribution in [3.63, 3.8) is 0 Å². The molecule has 0 saturated heterocycles. The molecule has 3 heterocycles. The number of carbonyl (C=O) groups is 1. The molecule has 0 saturated carbocycles. The quantitative estimate of drug-likeness (QED) is 0.671. The van der Waals surface area contributed by atoms with Gasteiger partial charge in [-0.15, -0.1) is 0 Å². The van der Waals surface area contributed by atoms with E-state index in [0.29, 0.717) is 31.0 Å². The fraction of sp³-hybridized carbons (Fsp3) is 0.235. The van der Waals surface area contributed by atoms with Gasteiger partial charge in [-0.25, -0.2) is 4.98 Å². The molecule has 2 aromatic heterocycles. The number of benzene rings is 1. The van der Waals surface area contributed by atoms with Crippen LogP contribution in [0.5, 0.6) is 5.75 Å². The molecule has 0 radical (unpaired) electrons. The minimum atomic E-state index is -0.115. The van der Waals surface area contributed by atoms with Gasteiger partial charge in [0.05, 0.1) is 25.0 Å². The highest BCUT2D eigenvalue weighted by Crippen LogP contribution is 2.25. The largest absolute Gasteiger partial charge is 0.497 e. The summed E-state index contributed by atoms with van der Waals surface area (Å²) in [4.78, 5) is 22.3. The minimum absolute atomic E-state index is 0.115. The highest BCUT2D eigenvalue weighted by atomic mass is 16.5. The Bertz CT molecular complexity index is 912. The van der Waals surface area contributed by atoms with Gasteiger partial charge in [-0.3, -0.25) is 9.89 Å². The normalized spacial score (nSPS) is 13.6. The van der Waals surface area contributed by atoms with E-state index in [1.54, 1.807) is 18.1 Å². The van der Waals surface area contributed by atoms with Crippen molar-refractivity contribution in [3.05, 3.63) is 47.4 Å². The Labute approximate surface area is 144 Å². The minimum Gasteiger partial charge on any atom is -0.497 e. The number of hydrogen-bond donors (Lipinski definition) is 3. The monoisotopic (exact) mass is 338 g/mol. The molecule has 0 unspecified atom stereocenters. The number of imidazole rings is 1. The summed E-state index contributed by atoms with van der Waals surface area (Å²) in [6.07, 6.45) is 0.706. The summed E-state index contributed by atoms with van der Waals surface area (Å²) < 4.78 is 5.18. The lowest BCUT2D eigenvalue weighted by atomic mass is 10.1. The Hall–Kier alpha value is -3.29. The Morgan fingerprint density at radius 1 is 1.32 bits per heavy atom. The number of rotatable bonds is 3. The first kappa shape index (κ1) is 15.3. The van der Waals surface area contributed by atoms with E-state index in [1.165, 1.54) is 0 Å². The summed E-state index contributed by atoms with van der Waals surface area (Å²) in [5.74, 6) is 1.79. The molecule has 4 N–H and O–H groups in total. The zero-order valence-corrected chi connectivity index (χ0v) is 13.7. The number of carbonyl (C=O) groups excluding carboxylic acids is 1. The Balaban J connectivity index is 1.55. The van der Waals surface area contributed by atoms with Crippen LogP contribution in [0.15, 0.2) is 30.3 Å². The van der Waals surface area contributed by atoms with Gasteiger partial charge in [0.2, 0.25) is 0 Å². The van der Waals surface area contributed by atoms with E-state index in [0.717, 1.165) is 28.5 Å². The first-order valence-corrected chi connectivity index (χ1v) is 7.96. The lowest BCUT2D eigenvalue weighted by molar-refractivity contribution is 0.0726. The maximum Gasteiger partial charge on any atom is 0.272 e. The lowest BCUT2D eigenvalue weighted by Gasteiger charge is -2.25. The van der Waals surface area contributed by atoms with Crippen molar-refractivity contribution in [2.75, 3.05) is 19.4 Å². The van der Waals surface area contributed by atoms with Crippen LogP contribution in [-0.4, -0.2) is 44.6 Å². The van der Waals surface area contributed by atoms with Crippen molar-refractivity contribution >= 4 is 11.7 Å². The molecule has 3 aromatic rings. The molecule has 1 aliphatic heterocycles. The van der Waals surface area contributed by atoms with Crippen molar-refractivity contribution in [2.45, 2.75) is 13.0 Å². The first-order valence-electron chi connectivity index (χ1n) is 7.96. The van der Waals surface area contributed by atoms with Crippen LogP contribution in [0.1, 0.15) is 21.9 Å². The van der Waals surface area contributed by atoms with E-state index in [-0.39, 0.29) is 5.91 Å². The molecule has 128 valence electrons. The Kier molecular flexibility index (Phi) is 3.64. The number of methoxy groups -OCH3 is 1. The van der Waals surface area contributed by atoms with Crippen molar-refractivity contribution < 1.29 is 9.53 Å². The summed E-state index contributed by atoms with van der Waals surface area (Å²) in [7, 11) is 1.64. The van der Waals surface area contributed by atoms with Gasteiger partial charge in [0.1, 0.15) is 23.1 Å². The highest BCUT2D eigenvalue weighted by molar-refractivity contribution is 5.93. The maximum atomic E-state index is 12.5. The van der Waals surface area contributed by atoms with Crippen molar-refractivity contribution in [1.29, 1.82) is 0 Å². The summed E-state index contributed by atoms with van der Waals surface area (Å²) in [5.41, 5.74) is 8.91. The number of nitrogens with zero attached hydrogens (tertiary/aromatic N) is 3. The Morgan fingerprint density at radius 2 is 2.12 bits per heavy atom.